The largest absolute Gasteiger partial charge is 0.493 e. The number of piperazine rings is 1. The van der Waals surface area contributed by atoms with Gasteiger partial charge >= 0.3 is 0 Å². The Labute approximate surface area is 184 Å². The molecule has 0 unspecified atom stereocenters. The van der Waals surface area contributed by atoms with Gasteiger partial charge < -0.3 is 19.3 Å². The van der Waals surface area contributed by atoms with Gasteiger partial charge in [0.1, 0.15) is 0 Å². The average molecular weight is 444 g/mol. The minimum Gasteiger partial charge on any atom is -0.493 e. The molecule has 1 aromatic heterocycles. The molecule has 1 amide bonds. The molecular weight excluding hydrogens is 422 g/mol. The molecule has 0 N–H and O–H groups in total. The van der Waals surface area contributed by atoms with Crippen molar-refractivity contribution >= 4 is 50.3 Å². The first-order valence-electron chi connectivity index (χ1n) is 9.57. The van der Waals surface area contributed by atoms with E-state index in [1.54, 1.807) is 37.7 Å². The van der Waals surface area contributed by atoms with E-state index in [0.29, 0.717) is 24.6 Å². The zero-order valence-corrected chi connectivity index (χ0v) is 18.4. The highest BCUT2D eigenvalue weighted by Gasteiger charge is 2.22. The molecule has 0 saturated carbocycles. The van der Waals surface area contributed by atoms with Crippen molar-refractivity contribution in [2.24, 2.45) is 0 Å². The molecule has 3 aromatic rings. The van der Waals surface area contributed by atoms with Gasteiger partial charge in [0.05, 0.1) is 24.4 Å². The van der Waals surface area contributed by atoms with E-state index in [1.165, 1.54) is 0 Å². The summed E-state index contributed by atoms with van der Waals surface area (Å²) in [7, 11) is 3.19. The second-order valence-electron chi connectivity index (χ2n) is 6.87. The Balaban J connectivity index is 1.37. The SMILES string of the molecule is COc1ccc(/C=C\C(=O)N2CCN(c3nc4ccc(Cl)cc4s3)CC2)cc1OC. The van der Waals surface area contributed by atoms with Crippen LogP contribution in [0.15, 0.2) is 42.5 Å². The first kappa shape index (κ1) is 20.5. The van der Waals surface area contributed by atoms with Crippen molar-refractivity contribution in [1.82, 2.24) is 9.88 Å². The maximum Gasteiger partial charge on any atom is 0.246 e. The molecule has 0 bridgehead atoms. The molecule has 0 radical (unpaired) electrons. The molecule has 1 fully saturated rings. The summed E-state index contributed by atoms with van der Waals surface area (Å²) in [6.45, 7) is 2.82. The maximum absolute atomic E-state index is 12.6. The summed E-state index contributed by atoms with van der Waals surface area (Å²) in [5.41, 5.74) is 1.84. The molecule has 4 rings (SSSR count). The molecule has 0 atom stereocenters. The van der Waals surface area contributed by atoms with Crippen LogP contribution >= 0.6 is 22.9 Å². The molecule has 1 aliphatic heterocycles. The van der Waals surface area contributed by atoms with Crippen LogP contribution in [0.4, 0.5) is 5.13 Å². The number of halogens is 1. The zero-order chi connectivity index (χ0) is 21.1. The Hall–Kier alpha value is -2.77. The van der Waals surface area contributed by atoms with Gasteiger partial charge in [-0.3, -0.25) is 4.79 Å². The molecule has 2 aromatic carbocycles. The lowest BCUT2D eigenvalue weighted by Crippen LogP contribution is -2.48. The lowest BCUT2D eigenvalue weighted by atomic mass is 10.2. The summed E-state index contributed by atoms with van der Waals surface area (Å²) in [6, 6.07) is 11.3. The van der Waals surface area contributed by atoms with Gasteiger partial charge in [-0.15, -0.1) is 0 Å². The Kier molecular flexibility index (Phi) is 6.11. The van der Waals surface area contributed by atoms with E-state index >= 15 is 0 Å². The number of hydrogen-bond acceptors (Lipinski definition) is 6. The van der Waals surface area contributed by atoms with Gasteiger partial charge in [0.2, 0.25) is 5.91 Å². The third-order valence-electron chi connectivity index (χ3n) is 5.03. The predicted octanol–water partition coefficient (Wildman–Crippen LogP) is 4.33. The summed E-state index contributed by atoms with van der Waals surface area (Å²) in [5.74, 6) is 1.30. The molecule has 1 aliphatic rings. The number of rotatable bonds is 5. The van der Waals surface area contributed by atoms with Crippen LogP contribution in [0.25, 0.3) is 16.3 Å². The lowest BCUT2D eigenvalue weighted by molar-refractivity contribution is -0.126. The van der Waals surface area contributed by atoms with E-state index in [4.69, 9.17) is 26.1 Å². The van der Waals surface area contributed by atoms with Crippen LogP contribution in [0.2, 0.25) is 5.02 Å². The molecular formula is C22H22ClN3O3S. The monoisotopic (exact) mass is 443 g/mol. The van der Waals surface area contributed by atoms with Gasteiger partial charge in [-0.05, 0) is 42.0 Å². The number of carbonyl (C=O) groups is 1. The number of amides is 1. The van der Waals surface area contributed by atoms with Crippen LogP contribution in [0.3, 0.4) is 0 Å². The Morgan fingerprint density at radius 3 is 2.57 bits per heavy atom. The van der Waals surface area contributed by atoms with Crippen molar-refractivity contribution in [3.05, 3.63) is 53.1 Å². The second-order valence-corrected chi connectivity index (χ2v) is 8.31. The first-order valence-corrected chi connectivity index (χ1v) is 10.8. The molecule has 0 aliphatic carbocycles. The summed E-state index contributed by atoms with van der Waals surface area (Å²) in [4.78, 5) is 21.4. The number of aromatic nitrogens is 1. The van der Waals surface area contributed by atoms with Gasteiger partial charge in [-0.1, -0.05) is 29.0 Å². The van der Waals surface area contributed by atoms with Crippen molar-refractivity contribution in [2.75, 3.05) is 45.3 Å². The molecule has 8 heteroatoms. The highest BCUT2D eigenvalue weighted by molar-refractivity contribution is 7.22. The Morgan fingerprint density at radius 1 is 1.07 bits per heavy atom. The number of ether oxygens (including phenoxy) is 2. The molecule has 0 spiro atoms. The minimum absolute atomic E-state index is 0.000478. The van der Waals surface area contributed by atoms with E-state index in [-0.39, 0.29) is 5.91 Å². The van der Waals surface area contributed by atoms with Gasteiger partial charge in [0.15, 0.2) is 16.6 Å². The summed E-state index contributed by atoms with van der Waals surface area (Å²) >= 11 is 7.71. The first-order chi connectivity index (χ1) is 14.6. The van der Waals surface area contributed by atoms with Crippen molar-refractivity contribution in [1.29, 1.82) is 0 Å². The van der Waals surface area contributed by atoms with Gasteiger partial charge in [0, 0.05) is 37.3 Å². The van der Waals surface area contributed by atoms with Gasteiger partial charge in [0.25, 0.3) is 0 Å². The van der Waals surface area contributed by atoms with E-state index in [0.717, 1.165) is 39.0 Å². The van der Waals surface area contributed by atoms with Crippen molar-refractivity contribution < 1.29 is 14.3 Å². The average Bonchev–Trinajstić information content (AvgIpc) is 3.20. The van der Waals surface area contributed by atoms with Crippen LogP contribution in [-0.2, 0) is 4.79 Å². The van der Waals surface area contributed by atoms with E-state index < -0.39 is 0 Å². The summed E-state index contributed by atoms with van der Waals surface area (Å²) in [6.07, 6.45) is 3.41. The standard InChI is InChI=1S/C22H22ClN3O3S/c1-28-18-7-3-15(13-19(18)29-2)4-8-21(27)25-9-11-26(12-10-25)22-24-17-6-5-16(23)14-20(17)30-22/h3-8,13-14H,9-12H2,1-2H3/b8-4-. The zero-order valence-electron chi connectivity index (χ0n) is 16.8. The van der Waals surface area contributed by atoms with Crippen LogP contribution in [0, 0.1) is 0 Å². The highest BCUT2D eigenvalue weighted by atomic mass is 35.5. The summed E-state index contributed by atoms with van der Waals surface area (Å²) in [5, 5.41) is 1.69. The number of thiazole rings is 1. The van der Waals surface area contributed by atoms with E-state index in [2.05, 4.69) is 4.90 Å². The normalized spacial score (nSPS) is 14.5. The van der Waals surface area contributed by atoms with Gasteiger partial charge in [-0.2, -0.15) is 0 Å². The fourth-order valence-corrected chi connectivity index (χ4v) is 4.66. The lowest BCUT2D eigenvalue weighted by Gasteiger charge is -2.34. The molecule has 156 valence electrons. The number of methoxy groups -OCH3 is 2. The number of anilines is 1. The van der Waals surface area contributed by atoms with Crippen LogP contribution in [-0.4, -0.2) is 56.2 Å². The second kappa shape index (κ2) is 8.93. The summed E-state index contributed by atoms with van der Waals surface area (Å²) < 4.78 is 11.6. The predicted molar refractivity (Wildman–Crippen MR) is 122 cm³/mol. The van der Waals surface area contributed by atoms with Crippen LogP contribution in [0.1, 0.15) is 5.56 Å². The number of fused-ring (bicyclic) bond motifs is 1. The highest BCUT2D eigenvalue weighted by Crippen LogP contribution is 2.31. The van der Waals surface area contributed by atoms with Crippen LogP contribution in [0.5, 0.6) is 11.5 Å². The van der Waals surface area contributed by atoms with Crippen LogP contribution < -0.4 is 14.4 Å². The molecule has 2 heterocycles. The van der Waals surface area contributed by atoms with Crippen molar-refractivity contribution in [3.63, 3.8) is 0 Å². The topological polar surface area (TPSA) is 54.9 Å². The minimum atomic E-state index is 0.000478. The third kappa shape index (κ3) is 4.37. The molecule has 30 heavy (non-hydrogen) atoms. The molecule has 6 nitrogen and oxygen atoms in total. The quantitative estimate of drug-likeness (QED) is 0.549. The third-order valence-corrected chi connectivity index (χ3v) is 6.34. The van der Waals surface area contributed by atoms with Crippen molar-refractivity contribution in [2.45, 2.75) is 0 Å². The fraction of sp³-hybridized carbons (Fsp3) is 0.273. The van der Waals surface area contributed by atoms with Crippen molar-refractivity contribution in [3.8, 4) is 11.5 Å². The molecule has 1 saturated heterocycles. The number of hydrogen-bond donors (Lipinski definition) is 0. The smallest absolute Gasteiger partial charge is 0.246 e. The van der Waals surface area contributed by atoms with E-state index in [9.17, 15) is 4.79 Å². The fourth-order valence-electron chi connectivity index (χ4n) is 3.37. The number of carbonyl (C=O) groups excluding carboxylic acids is 1. The van der Waals surface area contributed by atoms with E-state index in [1.807, 2.05) is 41.3 Å². The van der Waals surface area contributed by atoms with Gasteiger partial charge in [-0.25, -0.2) is 4.98 Å². The Bertz CT molecular complexity index is 1090. The number of benzene rings is 2. The maximum atomic E-state index is 12.6. The number of nitrogens with zero attached hydrogens (tertiary/aromatic N) is 3. The Morgan fingerprint density at radius 2 is 1.83 bits per heavy atom.